The van der Waals surface area contributed by atoms with Crippen LogP contribution in [0.2, 0.25) is 0 Å². The number of hydrogen-bond acceptors (Lipinski definition) is 2. The second kappa shape index (κ2) is 5.72. The molecule has 2 heteroatoms. The van der Waals surface area contributed by atoms with Gasteiger partial charge < -0.3 is 9.84 Å². The van der Waals surface area contributed by atoms with E-state index >= 15 is 0 Å². The highest BCUT2D eigenvalue weighted by Crippen LogP contribution is 2.21. The largest absolute Gasteiger partial charge is 0.388 e. The van der Waals surface area contributed by atoms with Crippen molar-refractivity contribution in [1.82, 2.24) is 0 Å². The van der Waals surface area contributed by atoms with Crippen molar-refractivity contribution in [2.75, 3.05) is 0 Å². The first-order chi connectivity index (χ1) is 6.32. The Morgan fingerprint density at radius 1 is 1.14 bits per heavy atom. The van der Waals surface area contributed by atoms with Gasteiger partial charge >= 0.3 is 0 Å². The Bertz CT molecular complexity index is 149. The van der Waals surface area contributed by atoms with Crippen molar-refractivity contribution in [2.24, 2.45) is 5.92 Å². The van der Waals surface area contributed by atoms with E-state index in [4.69, 9.17) is 4.74 Å². The van der Waals surface area contributed by atoms with Crippen LogP contribution < -0.4 is 0 Å². The molecule has 0 fully saturated rings. The van der Waals surface area contributed by atoms with Gasteiger partial charge in [-0.05, 0) is 33.1 Å². The SMILES string of the molecule is CCC(C)C(C)OC(CC)C(C)(C)O. The highest BCUT2D eigenvalue weighted by atomic mass is 16.5. The summed E-state index contributed by atoms with van der Waals surface area (Å²) in [4.78, 5) is 0. The molecule has 0 saturated carbocycles. The minimum absolute atomic E-state index is 0.0634. The zero-order valence-corrected chi connectivity index (χ0v) is 10.5. The summed E-state index contributed by atoms with van der Waals surface area (Å²) in [6.45, 7) is 12.1. The lowest BCUT2D eigenvalue weighted by molar-refractivity contribution is -0.126. The van der Waals surface area contributed by atoms with E-state index in [-0.39, 0.29) is 12.2 Å². The highest BCUT2D eigenvalue weighted by molar-refractivity contribution is 4.78. The van der Waals surface area contributed by atoms with Crippen LogP contribution in [0.1, 0.15) is 54.4 Å². The monoisotopic (exact) mass is 202 g/mol. The van der Waals surface area contributed by atoms with Crippen LogP contribution in [0.15, 0.2) is 0 Å². The van der Waals surface area contributed by atoms with Crippen LogP contribution in [0.5, 0.6) is 0 Å². The molecule has 2 nitrogen and oxygen atoms in total. The maximum Gasteiger partial charge on any atom is 0.0857 e. The van der Waals surface area contributed by atoms with Gasteiger partial charge in [0.1, 0.15) is 0 Å². The van der Waals surface area contributed by atoms with Gasteiger partial charge in [-0.1, -0.05) is 27.2 Å². The van der Waals surface area contributed by atoms with Crippen LogP contribution in [0.4, 0.5) is 0 Å². The van der Waals surface area contributed by atoms with Crippen molar-refractivity contribution in [3.05, 3.63) is 0 Å². The highest BCUT2D eigenvalue weighted by Gasteiger charge is 2.28. The molecular formula is C12H26O2. The van der Waals surface area contributed by atoms with Crippen LogP contribution in [0.25, 0.3) is 0 Å². The summed E-state index contributed by atoms with van der Waals surface area (Å²) in [5, 5.41) is 9.86. The summed E-state index contributed by atoms with van der Waals surface area (Å²) in [5.41, 5.74) is -0.740. The summed E-state index contributed by atoms with van der Waals surface area (Å²) >= 11 is 0. The molecule has 0 aromatic carbocycles. The van der Waals surface area contributed by atoms with Crippen molar-refractivity contribution < 1.29 is 9.84 Å². The van der Waals surface area contributed by atoms with E-state index in [0.717, 1.165) is 12.8 Å². The van der Waals surface area contributed by atoms with E-state index in [1.54, 1.807) is 0 Å². The Labute approximate surface area is 88.7 Å². The Morgan fingerprint density at radius 2 is 1.64 bits per heavy atom. The smallest absolute Gasteiger partial charge is 0.0857 e. The Balaban J connectivity index is 4.19. The first-order valence-corrected chi connectivity index (χ1v) is 5.70. The first kappa shape index (κ1) is 13.9. The topological polar surface area (TPSA) is 29.5 Å². The number of rotatable bonds is 6. The van der Waals surface area contributed by atoms with E-state index in [1.807, 2.05) is 20.8 Å². The van der Waals surface area contributed by atoms with Gasteiger partial charge in [0.15, 0.2) is 0 Å². The summed E-state index contributed by atoms with van der Waals surface area (Å²) < 4.78 is 5.87. The van der Waals surface area contributed by atoms with Crippen molar-refractivity contribution in [2.45, 2.75) is 72.2 Å². The minimum Gasteiger partial charge on any atom is -0.388 e. The van der Waals surface area contributed by atoms with Gasteiger partial charge in [0.2, 0.25) is 0 Å². The molecule has 14 heavy (non-hydrogen) atoms. The lowest BCUT2D eigenvalue weighted by Crippen LogP contribution is -2.40. The van der Waals surface area contributed by atoms with Crippen LogP contribution in [-0.4, -0.2) is 22.9 Å². The zero-order valence-electron chi connectivity index (χ0n) is 10.5. The lowest BCUT2D eigenvalue weighted by Gasteiger charge is -2.33. The second-order valence-electron chi connectivity index (χ2n) is 4.78. The molecule has 3 unspecified atom stereocenters. The molecule has 0 aliphatic rings. The van der Waals surface area contributed by atoms with Crippen molar-refractivity contribution >= 4 is 0 Å². The van der Waals surface area contributed by atoms with Crippen LogP contribution in [0.3, 0.4) is 0 Å². The number of hydrogen-bond donors (Lipinski definition) is 1. The van der Waals surface area contributed by atoms with Crippen molar-refractivity contribution in [3.63, 3.8) is 0 Å². The maximum absolute atomic E-state index is 9.86. The summed E-state index contributed by atoms with van der Waals surface area (Å²) in [6, 6.07) is 0. The average Bonchev–Trinajstić information content (AvgIpc) is 2.10. The van der Waals surface area contributed by atoms with Gasteiger partial charge in [-0.3, -0.25) is 0 Å². The average molecular weight is 202 g/mol. The maximum atomic E-state index is 9.86. The molecule has 0 spiro atoms. The van der Waals surface area contributed by atoms with Gasteiger partial charge in [-0.15, -0.1) is 0 Å². The zero-order chi connectivity index (χ0) is 11.4. The first-order valence-electron chi connectivity index (χ1n) is 5.70. The molecule has 3 atom stereocenters. The van der Waals surface area contributed by atoms with E-state index in [9.17, 15) is 5.11 Å². The van der Waals surface area contributed by atoms with E-state index in [1.165, 1.54) is 0 Å². The summed E-state index contributed by atoms with van der Waals surface area (Å²) in [7, 11) is 0. The molecule has 0 bridgehead atoms. The molecule has 0 aromatic rings. The molecule has 0 radical (unpaired) electrons. The fourth-order valence-corrected chi connectivity index (χ4v) is 1.49. The number of ether oxygens (including phenoxy) is 1. The summed E-state index contributed by atoms with van der Waals surface area (Å²) in [6.07, 6.45) is 2.12. The van der Waals surface area contributed by atoms with Gasteiger partial charge in [0, 0.05) is 0 Å². The Morgan fingerprint density at radius 3 is 1.93 bits per heavy atom. The van der Waals surface area contributed by atoms with Gasteiger partial charge in [0.05, 0.1) is 17.8 Å². The molecule has 1 N–H and O–H groups in total. The molecule has 0 heterocycles. The Kier molecular flexibility index (Phi) is 5.68. The van der Waals surface area contributed by atoms with Crippen LogP contribution in [-0.2, 0) is 4.74 Å². The fourth-order valence-electron chi connectivity index (χ4n) is 1.49. The number of aliphatic hydroxyl groups is 1. The molecule has 86 valence electrons. The van der Waals surface area contributed by atoms with Crippen LogP contribution >= 0.6 is 0 Å². The van der Waals surface area contributed by atoms with Gasteiger partial charge in [-0.2, -0.15) is 0 Å². The predicted octanol–water partition coefficient (Wildman–Crippen LogP) is 2.99. The molecule has 0 aromatic heterocycles. The third-order valence-corrected chi connectivity index (χ3v) is 2.98. The lowest BCUT2D eigenvalue weighted by atomic mass is 9.97. The fraction of sp³-hybridized carbons (Fsp3) is 1.00. The second-order valence-corrected chi connectivity index (χ2v) is 4.78. The predicted molar refractivity (Wildman–Crippen MR) is 60.4 cm³/mol. The van der Waals surface area contributed by atoms with E-state index in [2.05, 4.69) is 20.8 Å². The molecule has 0 aliphatic heterocycles. The quantitative estimate of drug-likeness (QED) is 0.717. The third kappa shape index (κ3) is 4.43. The standard InChI is InChI=1S/C12H26O2/c1-7-9(3)10(4)14-11(8-2)12(5,6)13/h9-11,13H,7-8H2,1-6H3. The molecular weight excluding hydrogens is 176 g/mol. The molecule has 0 saturated heterocycles. The molecule has 0 aliphatic carbocycles. The normalized spacial score (nSPS) is 19.1. The van der Waals surface area contributed by atoms with Gasteiger partial charge in [0.25, 0.3) is 0 Å². The van der Waals surface area contributed by atoms with Crippen molar-refractivity contribution in [3.8, 4) is 0 Å². The van der Waals surface area contributed by atoms with E-state index in [0.29, 0.717) is 5.92 Å². The van der Waals surface area contributed by atoms with E-state index < -0.39 is 5.60 Å². The van der Waals surface area contributed by atoms with Gasteiger partial charge in [-0.25, -0.2) is 0 Å². The Hall–Kier alpha value is -0.0800. The van der Waals surface area contributed by atoms with Crippen molar-refractivity contribution in [1.29, 1.82) is 0 Å². The molecule has 0 rings (SSSR count). The third-order valence-electron chi connectivity index (χ3n) is 2.98. The molecule has 0 amide bonds. The summed E-state index contributed by atoms with van der Waals surface area (Å²) in [5.74, 6) is 0.548. The van der Waals surface area contributed by atoms with Crippen LogP contribution in [0, 0.1) is 5.92 Å². The minimum atomic E-state index is -0.740.